The first-order valence-corrected chi connectivity index (χ1v) is 13.2. The summed E-state index contributed by atoms with van der Waals surface area (Å²) in [6.07, 6.45) is 1.79. The van der Waals surface area contributed by atoms with Gasteiger partial charge in [0.1, 0.15) is 11.6 Å². The van der Waals surface area contributed by atoms with Crippen LogP contribution in [0, 0.1) is 6.92 Å². The highest BCUT2D eigenvalue weighted by atomic mass is 32.2. The fraction of sp³-hybridized carbons (Fsp3) is 0.292. The summed E-state index contributed by atoms with van der Waals surface area (Å²) in [7, 11) is -3.62. The van der Waals surface area contributed by atoms with E-state index >= 15 is 0 Å². The van der Waals surface area contributed by atoms with E-state index in [-0.39, 0.29) is 29.4 Å². The van der Waals surface area contributed by atoms with Crippen LogP contribution in [0.3, 0.4) is 0 Å². The molecule has 1 saturated heterocycles. The number of carbonyl (C=O) groups is 2. The molecule has 1 N–H and O–H groups in total. The molecule has 3 aromatic rings. The molecular weight excluding hydrogens is 474 g/mol. The molecule has 1 aliphatic rings. The second-order valence-corrected chi connectivity index (χ2v) is 10.9. The second-order valence-electron chi connectivity index (χ2n) is 7.99. The van der Waals surface area contributed by atoms with Gasteiger partial charge in [-0.05, 0) is 49.6 Å². The van der Waals surface area contributed by atoms with Gasteiger partial charge in [0.25, 0.3) is 0 Å². The summed E-state index contributed by atoms with van der Waals surface area (Å²) in [5, 5.41) is 5.21. The number of para-hydroxylation sites is 1. The Hall–Kier alpha value is -3.08. The molecule has 0 radical (unpaired) electrons. The fourth-order valence-electron chi connectivity index (χ4n) is 3.63. The highest BCUT2D eigenvalue weighted by Crippen LogP contribution is 2.22. The lowest BCUT2D eigenvalue weighted by Gasteiger charge is -2.15. The minimum absolute atomic E-state index is 0.0716. The number of anilines is 1. The van der Waals surface area contributed by atoms with E-state index in [1.807, 2.05) is 31.2 Å². The molecule has 1 fully saturated rings. The number of carbonyl (C=O) groups excluding carboxylic acids is 2. The molecular formula is C24H25N3O5S2. The summed E-state index contributed by atoms with van der Waals surface area (Å²) in [5.74, 6) is -0.812. The van der Waals surface area contributed by atoms with E-state index in [2.05, 4.69) is 10.3 Å². The Kier molecular flexibility index (Phi) is 7.40. The van der Waals surface area contributed by atoms with Gasteiger partial charge in [0.2, 0.25) is 15.9 Å². The molecule has 8 nitrogen and oxygen atoms in total. The largest absolute Gasteiger partial charge is 0.456 e. The molecule has 0 aliphatic carbocycles. The Morgan fingerprint density at radius 1 is 1.12 bits per heavy atom. The van der Waals surface area contributed by atoms with Crippen LogP contribution in [0.25, 0.3) is 0 Å². The van der Waals surface area contributed by atoms with E-state index in [0.717, 1.165) is 24.1 Å². The van der Waals surface area contributed by atoms with Gasteiger partial charge in [-0.1, -0.05) is 24.3 Å². The van der Waals surface area contributed by atoms with Crippen LogP contribution in [0.2, 0.25) is 0 Å². The van der Waals surface area contributed by atoms with Crippen LogP contribution in [0.15, 0.2) is 58.8 Å². The smallest absolute Gasteiger partial charge is 0.338 e. The molecule has 1 aliphatic heterocycles. The Morgan fingerprint density at radius 3 is 2.65 bits per heavy atom. The molecule has 0 saturated carbocycles. The Morgan fingerprint density at radius 2 is 1.88 bits per heavy atom. The third kappa shape index (κ3) is 5.69. The minimum atomic E-state index is -3.62. The molecule has 10 heteroatoms. The normalized spacial score (nSPS) is 14.1. The number of esters is 1. The van der Waals surface area contributed by atoms with Gasteiger partial charge in [-0.2, -0.15) is 4.31 Å². The molecule has 4 rings (SSSR count). The zero-order valence-corrected chi connectivity index (χ0v) is 20.3. The van der Waals surface area contributed by atoms with Crippen molar-refractivity contribution in [2.24, 2.45) is 0 Å². The van der Waals surface area contributed by atoms with Crippen LogP contribution in [0.4, 0.5) is 5.69 Å². The summed E-state index contributed by atoms with van der Waals surface area (Å²) >= 11 is 1.31. The standard InChI is InChI=1S/C24H25N3O5S2/c1-17-7-2-3-10-21(17)26-22(28)14-23-25-19(16-33-23)15-32-24(29)18-8-6-9-20(13-18)34(30,31)27-11-4-5-12-27/h2-3,6-10,13,16H,4-5,11-12,14-15H2,1H3,(H,26,28). The van der Waals surface area contributed by atoms with E-state index in [1.165, 1.54) is 39.9 Å². The zero-order valence-electron chi connectivity index (χ0n) is 18.7. The highest BCUT2D eigenvalue weighted by Gasteiger charge is 2.27. The number of amides is 1. The predicted molar refractivity (Wildman–Crippen MR) is 129 cm³/mol. The van der Waals surface area contributed by atoms with Crippen molar-refractivity contribution in [3.05, 3.63) is 75.7 Å². The number of hydrogen-bond donors (Lipinski definition) is 1. The zero-order chi connectivity index (χ0) is 24.1. The lowest BCUT2D eigenvalue weighted by Crippen LogP contribution is -2.28. The molecule has 0 unspecified atom stereocenters. The van der Waals surface area contributed by atoms with E-state index in [1.54, 1.807) is 5.38 Å². The van der Waals surface area contributed by atoms with Gasteiger partial charge in [0.15, 0.2) is 0 Å². The summed E-state index contributed by atoms with van der Waals surface area (Å²) in [6.45, 7) is 2.83. The first-order valence-electron chi connectivity index (χ1n) is 10.9. The molecule has 178 valence electrons. The van der Waals surface area contributed by atoms with Crippen molar-refractivity contribution >= 4 is 38.9 Å². The van der Waals surface area contributed by atoms with Gasteiger partial charge in [-0.25, -0.2) is 18.2 Å². The molecule has 0 atom stereocenters. The maximum Gasteiger partial charge on any atom is 0.338 e. The van der Waals surface area contributed by atoms with Gasteiger partial charge < -0.3 is 10.1 Å². The molecule has 0 bridgehead atoms. The van der Waals surface area contributed by atoms with Gasteiger partial charge in [0.05, 0.1) is 22.6 Å². The van der Waals surface area contributed by atoms with Crippen molar-refractivity contribution in [3.63, 3.8) is 0 Å². The van der Waals surface area contributed by atoms with Crippen molar-refractivity contribution in [1.82, 2.24) is 9.29 Å². The summed E-state index contributed by atoms with van der Waals surface area (Å²) in [4.78, 5) is 29.3. The number of benzene rings is 2. The van der Waals surface area contributed by atoms with Crippen molar-refractivity contribution in [3.8, 4) is 0 Å². The van der Waals surface area contributed by atoms with Crippen LogP contribution in [0.1, 0.15) is 39.5 Å². The number of thiazole rings is 1. The number of nitrogens with zero attached hydrogens (tertiary/aromatic N) is 2. The Balaban J connectivity index is 1.33. The van der Waals surface area contributed by atoms with Crippen LogP contribution in [-0.4, -0.2) is 42.7 Å². The van der Waals surface area contributed by atoms with Crippen molar-refractivity contribution < 1.29 is 22.7 Å². The first kappa shape index (κ1) is 24.1. The topological polar surface area (TPSA) is 106 Å². The van der Waals surface area contributed by atoms with Crippen molar-refractivity contribution in [2.75, 3.05) is 18.4 Å². The Labute approximate surface area is 202 Å². The monoisotopic (exact) mass is 499 g/mol. The van der Waals surface area contributed by atoms with Crippen molar-refractivity contribution in [2.45, 2.75) is 37.7 Å². The van der Waals surface area contributed by atoms with E-state index in [9.17, 15) is 18.0 Å². The van der Waals surface area contributed by atoms with E-state index < -0.39 is 16.0 Å². The quantitative estimate of drug-likeness (QED) is 0.473. The molecule has 2 heterocycles. The van der Waals surface area contributed by atoms with Gasteiger partial charge in [-0.3, -0.25) is 4.79 Å². The molecule has 34 heavy (non-hydrogen) atoms. The molecule has 0 spiro atoms. The lowest BCUT2D eigenvalue weighted by atomic mass is 10.2. The second kappa shape index (κ2) is 10.5. The number of nitrogens with one attached hydrogen (secondary N) is 1. The van der Waals surface area contributed by atoms with Gasteiger partial charge in [-0.15, -0.1) is 11.3 Å². The third-order valence-corrected chi connectivity index (χ3v) is 8.25. The Bertz CT molecular complexity index is 1300. The number of aromatic nitrogens is 1. The van der Waals surface area contributed by atoms with Crippen LogP contribution in [0.5, 0.6) is 0 Å². The summed E-state index contributed by atoms with van der Waals surface area (Å²) < 4.78 is 32.3. The van der Waals surface area contributed by atoms with E-state index in [0.29, 0.717) is 23.8 Å². The van der Waals surface area contributed by atoms with Crippen LogP contribution < -0.4 is 5.32 Å². The molecule has 1 amide bonds. The summed E-state index contributed by atoms with van der Waals surface area (Å²) in [6, 6.07) is 13.4. The van der Waals surface area contributed by atoms with Crippen LogP contribution in [-0.2, 0) is 32.6 Å². The predicted octanol–water partition coefficient (Wildman–Crippen LogP) is 3.77. The summed E-state index contributed by atoms with van der Waals surface area (Å²) in [5.41, 5.74) is 2.42. The number of hydrogen-bond acceptors (Lipinski definition) is 7. The average molecular weight is 500 g/mol. The van der Waals surface area contributed by atoms with Crippen molar-refractivity contribution in [1.29, 1.82) is 0 Å². The highest BCUT2D eigenvalue weighted by molar-refractivity contribution is 7.89. The average Bonchev–Trinajstić information content (AvgIpc) is 3.52. The third-order valence-electron chi connectivity index (χ3n) is 5.45. The van der Waals surface area contributed by atoms with Crippen LogP contribution >= 0.6 is 11.3 Å². The number of rotatable bonds is 8. The number of sulfonamides is 1. The maximum absolute atomic E-state index is 12.7. The lowest BCUT2D eigenvalue weighted by molar-refractivity contribution is -0.115. The maximum atomic E-state index is 12.7. The SMILES string of the molecule is Cc1ccccc1NC(=O)Cc1nc(COC(=O)c2cccc(S(=O)(=O)N3CCCC3)c2)cs1. The number of aryl methyl sites for hydroxylation is 1. The van der Waals surface area contributed by atoms with Gasteiger partial charge >= 0.3 is 5.97 Å². The minimum Gasteiger partial charge on any atom is -0.456 e. The van der Waals surface area contributed by atoms with E-state index in [4.69, 9.17) is 4.74 Å². The molecule has 2 aromatic carbocycles. The fourth-order valence-corrected chi connectivity index (χ4v) is 5.97. The number of ether oxygens (including phenoxy) is 1. The first-order chi connectivity index (χ1) is 16.3. The molecule has 1 aromatic heterocycles. The van der Waals surface area contributed by atoms with Gasteiger partial charge in [0, 0.05) is 24.2 Å².